The SMILES string of the molecule is CCC/C=C1/N(C(CO)c2cc(F)c(F)c(F)c2)CCCC12CNCC2c1ccc(-n2cnc(C)c2)c(OC)c1. The molecule has 3 unspecified atom stereocenters. The molecular weight excluding hydrogens is 517 g/mol. The Bertz CT molecular complexity index is 1370. The van der Waals surface area contributed by atoms with Gasteiger partial charge in [-0.25, -0.2) is 18.2 Å². The highest BCUT2D eigenvalue weighted by Crippen LogP contribution is 2.54. The first kappa shape index (κ1) is 28.2. The van der Waals surface area contributed by atoms with Crippen molar-refractivity contribution in [1.29, 1.82) is 0 Å². The van der Waals surface area contributed by atoms with Gasteiger partial charge in [-0.05, 0) is 61.6 Å². The number of aryl methyl sites for hydroxylation is 1. The first-order valence-corrected chi connectivity index (χ1v) is 13.9. The molecule has 1 aromatic heterocycles. The summed E-state index contributed by atoms with van der Waals surface area (Å²) < 4.78 is 50.0. The molecule has 214 valence electrons. The molecule has 2 aliphatic rings. The molecule has 2 fully saturated rings. The van der Waals surface area contributed by atoms with E-state index in [2.05, 4.69) is 46.4 Å². The number of ether oxygens (including phenoxy) is 1. The summed E-state index contributed by atoms with van der Waals surface area (Å²) in [5.41, 5.74) is 3.94. The highest BCUT2D eigenvalue weighted by Gasteiger charge is 2.50. The van der Waals surface area contributed by atoms with Gasteiger partial charge in [0.2, 0.25) is 0 Å². The maximum Gasteiger partial charge on any atom is 0.194 e. The summed E-state index contributed by atoms with van der Waals surface area (Å²) in [6.07, 6.45) is 9.47. The number of aromatic nitrogens is 2. The molecule has 0 radical (unpaired) electrons. The Morgan fingerprint density at radius 3 is 2.65 bits per heavy atom. The van der Waals surface area contributed by atoms with Gasteiger partial charge >= 0.3 is 0 Å². The largest absolute Gasteiger partial charge is 0.495 e. The minimum absolute atomic E-state index is 0.104. The molecule has 40 heavy (non-hydrogen) atoms. The third-order valence-corrected chi connectivity index (χ3v) is 8.46. The number of unbranched alkanes of at least 4 members (excludes halogenated alkanes) is 1. The summed E-state index contributed by atoms with van der Waals surface area (Å²) in [4.78, 5) is 6.43. The molecule has 3 aromatic rings. The lowest BCUT2D eigenvalue weighted by atomic mass is 9.66. The number of hydrogen-bond donors (Lipinski definition) is 2. The lowest BCUT2D eigenvalue weighted by molar-refractivity contribution is 0.0825. The van der Waals surface area contributed by atoms with E-state index in [4.69, 9.17) is 4.74 Å². The molecule has 0 saturated carbocycles. The number of piperidine rings is 1. The van der Waals surface area contributed by atoms with Crippen molar-refractivity contribution in [2.75, 3.05) is 33.4 Å². The van der Waals surface area contributed by atoms with E-state index in [0.29, 0.717) is 6.54 Å². The van der Waals surface area contributed by atoms with Crippen molar-refractivity contribution in [3.63, 3.8) is 0 Å². The van der Waals surface area contributed by atoms with E-state index < -0.39 is 23.5 Å². The monoisotopic (exact) mass is 554 g/mol. The second-order valence-electron chi connectivity index (χ2n) is 10.9. The molecule has 3 heterocycles. The van der Waals surface area contributed by atoms with Crippen molar-refractivity contribution in [2.24, 2.45) is 5.41 Å². The Labute approximate surface area is 233 Å². The van der Waals surface area contributed by atoms with Gasteiger partial charge in [0.1, 0.15) is 5.75 Å². The third-order valence-electron chi connectivity index (χ3n) is 8.46. The summed E-state index contributed by atoms with van der Waals surface area (Å²) in [6, 6.07) is 7.59. The van der Waals surface area contributed by atoms with Crippen LogP contribution in [0.2, 0.25) is 0 Å². The number of nitrogens with one attached hydrogen (secondary N) is 1. The standard InChI is InChI=1S/C31H37F3N4O2/c1-4-5-7-29-31(10-6-11-38(29)27(17-39)22-12-24(32)30(34)25(33)13-22)18-35-15-23(31)21-8-9-26(28(14-21)40-3)37-16-20(2)36-19-37/h7-9,12-14,16,19,23,27,35,39H,4-6,10-11,15,17-18H2,1-3H3/b29-7+. The smallest absolute Gasteiger partial charge is 0.194 e. The number of hydrogen-bond acceptors (Lipinski definition) is 5. The van der Waals surface area contributed by atoms with Crippen LogP contribution in [0.3, 0.4) is 0 Å². The number of rotatable bonds is 8. The predicted octanol–water partition coefficient (Wildman–Crippen LogP) is 5.79. The van der Waals surface area contributed by atoms with E-state index in [-0.39, 0.29) is 23.5 Å². The highest BCUT2D eigenvalue weighted by molar-refractivity contribution is 5.51. The van der Waals surface area contributed by atoms with E-state index in [0.717, 1.165) is 79.3 Å². The van der Waals surface area contributed by atoms with Crippen molar-refractivity contribution < 1.29 is 23.0 Å². The average Bonchev–Trinajstić information content (AvgIpc) is 3.58. The number of aliphatic hydroxyl groups excluding tert-OH is 1. The Morgan fingerprint density at radius 2 is 2.00 bits per heavy atom. The zero-order chi connectivity index (χ0) is 28.4. The average molecular weight is 555 g/mol. The van der Waals surface area contributed by atoms with E-state index in [1.165, 1.54) is 0 Å². The van der Waals surface area contributed by atoms with Crippen LogP contribution in [-0.4, -0.2) is 52.9 Å². The minimum Gasteiger partial charge on any atom is -0.495 e. The van der Waals surface area contributed by atoms with Gasteiger partial charge in [0.05, 0.1) is 37.5 Å². The van der Waals surface area contributed by atoms with Crippen molar-refractivity contribution >= 4 is 0 Å². The molecule has 2 aliphatic heterocycles. The minimum atomic E-state index is -1.50. The van der Waals surface area contributed by atoms with Gasteiger partial charge in [0, 0.05) is 42.9 Å². The highest BCUT2D eigenvalue weighted by atomic mass is 19.2. The van der Waals surface area contributed by atoms with Gasteiger partial charge in [0.15, 0.2) is 17.5 Å². The van der Waals surface area contributed by atoms with Crippen LogP contribution in [0, 0.1) is 29.8 Å². The lowest BCUT2D eigenvalue weighted by Crippen LogP contribution is -2.47. The molecule has 6 nitrogen and oxygen atoms in total. The third kappa shape index (κ3) is 5.01. The van der Waals surface area contributed by atoms with Gasteiger partial charge in [0.25, 0.3) is 0 Å². The van der Waals surface area contributed by atoms with Crippen LogP contribution in [0.25, 0.3) is 5.69 Å². The Balaban J connectivity index is 1.56. The molecular formula is C31H37F3N4O2. The van der Waals surface area contributed by atoms with Gasteiger partial charge in [-0.2, -0.15) is 0 Å². The second-order valence-corrected chi connectivity index (χ2v) is 10.9. The summed E-state index contributed by atoms with van der Waals surface area (Å²) in [7, 11) is 1.66. The molecule has 2 N–H and O–H groups in total. The number of nitrogens with zero attached hydrogens (tertiary/aromatic N) is 3. The van der Waals surface area contributed by atoms with Crippen molar-refractivity contribution in [3.05, 3.63) is 88.9 Å². The number of halogens is 3. The molecule has 0 bridgehead atoms. The summed E-state index contributed by atoms with van der Waals surface area (Å²) in [6.45, 7) is 5.81. The zero-order valence-electron chi connectivity index (χ0n) is 23.3. The van der Waals surface area contributed by atoms with Crippen molar-refractivity contribution in [1.82, 2.24) is 19.8 Å². The van der Waals surface area contributed by atoms with E-state index >= 15 is 0 Å². The fourth-order valence-electron chi connectivity index (χ4n) is 6.58. The number of methoxy groups -OCH3 is 1. The Hall–Kier alpha value is -3.30. The van der Waals surface area contributed by atoms with Crippen LogP contribution in [0.1, 0.15) is 61.4 Å². The first-order chi connectivity index (χ1) is 19.3. The van der Waals surface area contributed by atoms with Crippen LogP contribution < -0.4 is 10.1 Å². The normalized spacial score (nSPS) is 22.8. The van der Waals surface area contributed by atoms with Gasteiger partial charge < -0.3 is 24.6 Å². The molecule has 0 aliphatic carbocycles. The molecule has 2 aromatic carbocycles. The Kier molecular flexibility index (Phi) is 8.24. The zero-order valence-corrected chi connectivity index (χ0v) is 23.3. The molecule has 5 rings (SSSR count). The van der Waals surface area contributed by atoms with E-state index in [1.807, 2.05) is 17.7 Å². The molecule has 2 saturated heterocycles. The van der Waals surface area contributed by atoms with E-state index in [9.17, 15) is 18.3 Å². The number of allylic oxidation sites excluding steroid dienone is 1. The number of imidazole rings is 1. The second kappa shape index (κ2) is 11.7. The van der Waals surface area contributed by atoms with Crippen LogP contribution in [0.5, 0.6) is 5.75 Å². The van der Waals surface area contributed by atoms with Crippen LogP contribution >= 0.6 is 0 Å². The predicted molar refractivity (Wildman–Crippen MR) is 148 cm³/mol. The van der Waals surface area contributed by atoms with Crippen LogP contribution in [-0.2, 0) is 0 Å². The van der Waals surface area contributed by atoms with Crippen LogP contribution in [0.15, 0.2) is 54.6 Å². The Morgan fingerprint density at radius 1 is 1.23 bits per heavy atom. The molecule has 0 amide bonds. The number of aliphatic hydroxyl groups is 1. The summed E-state index contributed by atoms with van der Waals surface area (Å²) in [5.74, 6) is -3.15. The lowest BCUT2D eigenvalue weighted by Gasteiger charge is -2.50. The quantitative estimate of drug-likeness (QED) is 0.345. The maximum atomic E-state index is 14.3. The van der Waals surface area contributed by atoms with Crippen molar-refractivity contribution in [3.8, 4) is 11.4 Å². The number of likely N-dealkylation sites (tertiary alicyclic amines) is 1. The molecule has 9 heteroatoms. The van der Waals surface area contributed by atoms with Gasteiger partial charge in [-0.1, -0.05) is 25.5 Å². The fourth-order valence-corrected chi connectivity index (χ4v) is 6.58. The summed E-state index contributed by atoms with van der Waals surface area (Å²) >= 11 is 0. The van der Waals surface area contributed by atoms with Crippen LogP contribution in [0.4, 0.5) is 13.2 Å². The fraction of sp³-hybridized carbons (Fsp3) is 0.452. The van der Waals surface area contributed by atoms with E-state index in [1.54, 1.807) is 13.4 Å². The molecule has 3 atom stereocenters. The first-order valence-electron chi connectivity index (χ1n) is 13.9. The van der Waals surface area contributed by atoms with Gasteiger partial charge in [-0.15, -0.1) is 0 Å². The van der Waals surface area contributed by atoms with Crippen molar-refractivity contribution in [2.45, 2.75) is 51.5 Å². The topological polar surface area (TPSA) is 62.5 Å². The maximum absolute atomic E-state index is 14.3. The number of benzene rings is 2. The summed E-state index contributed by atoms with van der Waals surface area (Å²) in [5, 5.41) is 14.1. The van der Waals surface area contributed by atoms with Gasteiger partial charge in [-0.3, -0.25) is 0 Å². The molecule has 1 spiro atoms.